The van der Waals surface area contributed by atoms with Crippen LogP contribution in [0.15, 0.2) is 53.4 Å². The van der Waals surface area contributed by atoms with Gasteiger partial charge in [-0.25, -0.2) is 17.5 Å². The number of sulfonamides is 1. The highest BCUT2D eigenvalue weighted by atomic mass is 32.2. The Morgan fingerprint density at radius 2 is 1.77 bits per heavy atom. The Kier molecular flexibility index (Phi) is 5.38. The average molecular weight is 376 g/mol. The first-order chi connectivity index (χ1) is 12.4. The highest BCUT2D eigenvalue weighted by Crippen LogP contribution is 2.22. The number of amides is 1. The molecule has 0 saturated heterocycles. The number of carbonyl (C=O) groups excluding carboxylic acids is 1. The molecular weight excluding hydrogens is 355 g/mol. The lowest BCUT2D eigenvalue weighted by atomic mass is 10.2. The third kappa shape index (κ3) is 4.11. The Balaban J connectivity index is 1.81. The minimum atomic E-state index is -3.67. The van der Waals surface area contributed by atoms with E-state index in [1.165, 1.54) is 41.3 Å². The van der Waals surface area contributed by atoms with E-state index in [1.54, 1.807) is 19.2 Å². The fourth-order valence-electron chi connectivity index (χ4n) is 3.10. The quantitative estimate of drug-likeness (QED) is 0.870. The second-order valence-electron chi connectivity index (χ2n) is 6.47. The number of nitrogens with zero attached hydrogens (tertiary/aromatic N) is 1. The minimum absolute atomic E-state index is 0.0405. The molecule has 1 N–H and O–H groups in total. The van der Waals surface area contributed by atoms with Crippen LogP contribution in [-0.2, 0) is 10.0 Å². The van der Waals surface area contributed by atoms with E-state index in [-0.39, 0.29) is 28.2 Å². The summed E-state index contributed by atoms with van der Waals surface area (Å²) >= 11 is 0. The van der Waals surface area contributed by atoms with Crippen molar-refractivity contribution in [3.8, 4) is 0 Å². The van der Waals surface area contributed by atoms with Crippen molar-refractivity contribution >= 4 is 21.6 Å². The smallest absolute Gasteiger partial charge is 0.258 e. The molecule has 0 radical (unpaired) electrons. The molecule has 3 rings (SSSR count). The first-order valence-electron chi connectivity index (χ1n) is 8.53. The maximum atomic E-state index is 13.0. The van der Waals surface area contributed by atoms with Crippen LogP contribution in [0.4, 0.5) is 10.1 Å². The Bertz CT molecular complexity index is 891. The molecule has 0 heterocycles. The highest BCUT2D eigenvalue weighted by molar-refractivity contribution is 7.89. The van der Waals surface area contributed by atoms with Gasteiger partial charge < -0.3 is 4.90 Å². The van der Waals surface area contributed by atoms with Crippen LogP contribution in [0.1, 0.15) is 36.0 Å². The monoisotopic (exact) mass is 376 g/mol. The zero-order valence-corrected chi connectivity index (χ0v) is 15.3. The standard InChI is InChI=1S/C19H21FN2O3S/c1-22(17-11-9-15(20)10-12-17)19(23)14-5-4-8-18(13-14)26(24,25)21-16-6-2-3-7-16/h4-5,8-13,16,21H,2-3,6-7H2,1H3. The fraction of sp³-hybridized carbons (Fsp3) is 0.316. The van der Waals surface area contributed by atoms with Gasteiger partial charge in [0.2, 0.25) is 10.0 Å². The third-order valence-electron chi connectivity index (χ3n) is 4.59. The summed E-state index contributed by atoms with van der Waals surface area (Å²) in [5, 5.41) is 0. The molecule has 0 unspecified atom stereocenters. The number of rotatable bonds is 5. The lowest BCUT2D eigenvalue weighted by Crippen LogP contribution is -2.33. The van der Waals surface area contributed by atoms with E-state index in [2.05, 4.69) is 4.72 Å². The van der Waals surface area contributed by atoms with Crippen LogP contribution in [0.25, 0.3) is 0 Å². The Labute approximate surface area is 152 Å². The van der Waals surface area contributed by atoms with Gasteiger partial charge in [-0.15, -0.1) is 0 Å². The SMILES string of the molecule is CN(C(=O)c1cccc(S(=O)(=O)NC2CCCC2)c1)c1ccc(F)cc1. The minimum Gasteiger partial charge on any atom is -0.311 e. The van der Waals surface area contributed by atoms with Crippen LogP contribution in [-0.4, -0.2) is 27.4 Å². The molecule has 2 aromatic carbocycles. The van der Waals surface area contributed by atoms with Crippen molar-refractivity contribution in [2.45, 2.75) is 36.6 Å². The number of halogens is 1. The van der Waals surface area contributed by atoms with Gasteiger partial charge >= 0.3 is 0 Å². The molecule has 1 aliphatic carbocycles. The average Bonchev–Trinajstić information content (AvgIpc) is 3.13. The summed E-state index contributed by atoms with van der Waals surface area (Å²) in [6, 6.07) is 11.5. The number of hydrogen-bond acceptors (Lipinski definition) is 3. The van der Waals surface area contributed by atoms with Gasteiger partial charge in [0.05, 0.1) is 4.90 Å². The molecule has 0 atom stereocenters. The van der Waals surface area contributed by atoms with Gasteiger partial charge in [0.1, 0.15) is 5.82 Å². The summed E-state index contributed by atoms with van der Waals surface area (Å²) in [6.07, 6.45) is 3.72. The molecule has 0 spiro atoms. The van der Waals surface area contributed by atoms with Gasteiger partial charge in [-0.3, -0.25) is 4.79 Å². The van der Waals surface area contributed by atoms with E-state index in [0.29, 0.717) is 5.69 Å². The first kappa shape index (κ1) is 18.5. The van der Waals surface area contributed by atoms with Crippen LogP contribution < -0.4 is 9.62 Å². The normalized spacial score (nSPS) is 15.2. The summed E-state index contributed by atoms with van der Waals surface area (Å²) in [5.41, 5.74) is 0.778. The molecule has 138 valence electrons. The van der Waals surface area contributed by atoms with Crippen molar-refractivity contribution < 1.29 is 17.6 Å². The topological polar surface area (TPSA) is 66.5 Å². The summed E-state index contributed by atoms with van der Waals surface area (Å²) < 4.78 is 40.9. The summed E-state index contributed by atoms with van der Waals surface area (Å²) in [6.45, 7) is 0. The molecule has 0 aromatic heterocycles. The van der Waals surface area contributed by atoms with Crippen LogP contribution >= 0.6 is 0 Å². The van der Waals surface area contributed by atoms with Gasteiger partial charge in [-0.1, -0.05) is 18.9 Å². The predicted octanol–water partition coefficient (Wildman–Crippen LogP) is 3.32. The fourth-order valence-corrected chi connectivity index (χ4v) is 4.45. The maximum absolute atomic E-state index is 13.0. The van der Waals surface area contributed by atoms with Gasteiger partial charge in [0, 0.05) is 24.3 Å². The van der Waals surface area contributed by atoms with Crippen molar-refractivity contribution in [1.29, 1.82) is 0 Å². The second kappa shape index (κ2) is 7.55. The van der Waals surface area contributed by atoms with Gasteiger partial charge in [0.25, 0.3) is 5.91 Å². The van der Waals surface area contributed by atoms with Crippen molar-refractivity contribution in [3.63, 3.8) is 0 Å². The number of carbonyl (C=O) groups is 1. The van der Waals surface area contributed by atoms with E-state index >= 15 is 0 Å². The van der Waals surface area contributed by atoms with E-state index in [0.717, 1.165) is 25.7 Å². The van der Waals surface area contributed by atoms with E-state index < -0.39 is 10.0 Å². The van der Waals surface area contributed by atoms with Crippen LogP contribution in [0, 0.1) is 5.82 Å². The molecule has 7 heteroatoms. The number of nitrogens with one attached hydrogen (secondary N) is 1. The third-order valence-corrected chi connectivity index (χ3v) is 6.11. The summed E-state index contributed by atoms with van der Waals surface area (Å²) in [5.74, 6) is -0.754. The van der Waals surface area contributed by atoms with Crippen molar-refractivity contribution in [2.75, 3.05) is 11.9 Å². The molecule has 0 aliphatic heterocycles. The van der Waals surface area contributed by atoms with E-state index in [9.17, 15) is 17.6 Å². The molecule has 5 nitrogen and oxygen atoms in total. The van der Waals surface area contributed by atoms with Crippen LogP contribution in [0.3, 0.4) is 0 Å². The predicted molar refractivity (Wildman–Crippen MR) is 98.2 cm³/mol. The zero-order chi connectivity index (χ0) is 18.7. The van der Waals surface area contributed by atoms with Crippen molar-refractivity contribution in [2.24, 2.45) is 0 Å². The lowest BCUT2D eigenvalue weighted by Gasteiger charge is -2.18. The Hall–Kier alpha value is -2.25. The number of hydrogen-bond donors (Lipinski definition) is 1. The Morgan fingerprint density at radius 3 is 2.42 bits per heavy atom. The summed E-state index contributed by atoms with van der Waals surface area (Å²) in [4.78, 5) is 14.1. The molecule has 1 aliphatic rings. The van der Waals surface area contributed by atoms with Gasteiger partial charge in [-0.05, 0) is 55.3 Å². The zero-order valence-electron chi connectivity index (χ0n) is 14.5. The molecule has 1 amide bonds. The highest BCUT2D eigenvalue weighted by Gasteiger charge is 2.24. The Morgan fingerprint density at radius 1 is 1.12 bits per heavy atom. The molecule has 26 heavy (non-hydrogen) atoms. The molecular formula is C19H21FN2O3S. The molecule has 2 aromatic rings. The van der Waals surface area contributed by atoms with Crippen LogP contribution in [0.5, 0.6) is 0 Å². The second-order valence-corrected chi connectivity index (χ2v) is 8.19. The molecule has 1 fully saturated rings. The first-order valence-corrected chi connectivity index (χ1v) is 10.0. The molecule has 1 saturated carbocycles. The van der Waals surface area contributed by atoms with Crippen LogP contribution in [0.2, 0.25) is 0 Å². The van der Waals surface area contributed by atoms with E-state index in [4.69, 9.17) is 0 Å². The van der Waals surface area contributed by atoms with Crippen molar-refractivity contribution in [1.82, 2.24) is 4.72 Å². The maximum Gasteiger partial charge on any atom is 0.258 e. The van der Waals surface area contributed by atoms with Gasteiger partial charge in [-0.2, -0.15) is 0 Å². The molecule has 0 bridgehead atoms. The van der Waals surface area contributed by atoms with Gasteiger partial charge in [0.15, 0.2) is 0 Å². The number of anilines is 1. The number of benzene rings is 2. The summed E-state index contributed by atoms with van der Waals surface area (Å²) in [7, 11) is -2.10. The lowest BCUT2D eigenvalue weighted by molar-refractivity contribution is 0.0993. The largest absolute Gasteiger partial charge is 0.311 e. The van der Waals surface area contributed by atoms with E-state index in [1.807, 2.05) is 0 Å². The van der Waals surface area contributed by atoms with Crippen molar-refractivity contribution in [3.05, 3.63) is 59.9 Å².